The lowest BCUT2D eigenvalue weighted by molar-refractivity contribution is -0.115. The molecule has 0 saturated carbocycles. The second-order valence-electron chi connectivity index (χ2n) is 5.10. The van der Waals surface area contributed by atoms with Gasteiger partial charge in [0, 0.05) is 24.3 Å². The lowest BCUT2D eigenvalue weighted by atomic mass is 10.3. The van der Waals surface area contributed by atoms with Gasteiger partial charge in [-0.25, -0.2) is 9.48 Å². The summed E-state index contributed by atoms with van der Waals surface area (Å²) in [6.45, 7) is -0.146. The van der Waals surface area contributed by atoms with Crippen LogP contribution < -0.4 is 16.0 Å². The van der Waals surface area contributed by atoms with Gasteiger partial charge in [-0.2, -0.15) is 5.10 Å². The number of carbonyl (C=O) groups is 2. The Kier molecular flexibility index (Phi) is 5.01. The number of hydrogen-bond acceptors (Lipinski definition) is 4. The number of benzene rings is 1. The van der Waals surface area contributed by atoms with Gasteiger partial charge in [0.15, 0.2) is 0 Å². The molecule has 3 amide bonds. The van der Waals surface area contributed by atoms with Gasteiger partial charge in [0.2, 0.25) is 5.91 Å². The van der Waals surface area contributed by atoms with Gasteiger partial charge >= 0.3 is 6.03 Å². The van der Waals surface area contributed by atoms with Crippen molar-refractivity contribution < 1.29 is 9.59 Å². The highest BCUT2D eigenvalue weighted by atomic mass is 16.2. The van der Waals surface area contributed by atoms with Crippen LogP contribution in [0.4, 0.5) is 16.2 Å². The molecule has 2 aromatic heterocycles. The number of nitrogens with zero attached hydrogens (tertiary/aromatic N) is 3. The van der Waals surface area contributed by atoms with Crippen molar-refractivity contribution in [2.24, 2.45) is 0 Å². The fourth-order valence-electron chi connectivity index (χ4n) is 2.10. The summed E-state index contributed by atoms with van der Waals surface area (Å²) >= 11 is 0. The maximum Gasteiger partial charge on any atom is 0.319 e. The van der Waals surface area contributed by atoms with E-state index in [9.17, 15) is 9.59 Å². The second kappa shape index (κ2) is 7.73. The van der Waals surface area contributed by atoms with E-state index >= 15 is 0 Å². The van der Waals surface area contributed by atoms with Gasteiger partial charge in [0.25, 0.3) is 0 Å². The van der Waals surface area contributed by atoms with Crippen LogP contribution in [-0.2, 0) is 4.79 Å². The van der Waals surface area contributed by atoms with E-state index in [-0.39, 0.29) is 12.5 Å². The second-order valence-corrected chi connectivity index (χ2v) is 5.10. The highest BCUT2D eigenvalue weighted by Gasteiger charge is 2.06. The number of anilines is 2. The Bertz CT molecular complexity index is 831. The van der Waals surface area contributed by atoms with E-state index in [0.717, 1.165) is 5.69 Å². The van der Waals surface area contributed by atoms with Gasteiger partial charge in [0.1, 0.15) is 0 Å². The van der Waals surface area contributed by atoms with Crippen LogP contribution in [0, 0.1) is 0 Å². The van der Waals surface area contributed by atoms with Crippen molar-refractivity contribution in [1.82, 2.24) is 20.1 Å². The number of aromatic nitrogens is 3. The van der Waals surface area contributed by atoms with Crippen molar-refractivity contribution in [2.75, 3.05) is 17.2 Å². The zero-order valence-electron chi connectivity index (χ0n) is 13.2. The van der Waals surface area contributed by atoms with E-state index in [2.05, 4.69) is 26.0 Å². The number of amides is 3. The highest BCUT2D eigenvalue weighted by molar-refractivity contribution is 5.96. The quantitative estimate of drug-likeness (QED) is 0.663. The highest BCUT2D eigenvalue weighted by Crippen LogP contribution is 2.12. The molecule has 0 radical (unpaired) electrons. The Morgan fingerprint density at radius 3 is 2.48 bits per heavy atom. The molecule has 0 unspecified atom stereocenters. The van der Waals surface area contributed by atoms with Crippen molar-refractivity contribution in [1.29, 1.82) is 0 Å². The smallest absolute Gasteiger partial charge is 0.319 e. The van der Waals surface area contributed by atoms with Crippen LogP contribution in [-0.4, -0.2) is 33.2 Å². The van der Waals surface area contributed by atoms with Crippen LogP contribution in [0.25, 0.3) is 5.69 Å². The van der Waals surface area contributed by atoms with Crippen molar-refractivity contribution in [3.8, 4) is 5.69 Å². The zero-order valence-corrected chi connectivity index (χ0v) is 13.2. The molecule has 0 aliphatic heterocycles. The van der Waals surface area contributed by atoms with Gasteiger partial charge in [-0.1, -0.05) is 0 Å². The van der Waals surface area contributed by atoms with Gasteiger partial charge in [0.05, 0.1) is 24.1 Å². The summed E-state index contributed by atoms with van der Waals surface area (Å²) in [5, 5.41) is 11.9. The van der Waals surface area contributed by atoms with Crippen molar-refractivity contribution in [3.63, 3.8) is 0 Å². The molecule has 25 heavy (non-hydrogen) atoms. The molecule has 1 aromatic carbocycles. The lowest BCUT2D eigenvalue weighted by Crippen LogP contribution is -2.35. The molecule has 126 valence electrons. The Labute approximate surface area is 143 Å². The number of pyridine rings is 1. The van der Waals surface area contributed by atoms with E-state index in [4.69, 9.17) is 0 Å². The van der Waals surface area contributed by atoms with Crippen LogP contribution in [0.15, 0.2) is 67.3 Å². The molecule has 0 fully saturated rings. The van der Waals surface area contributed by atoms with Crippen LogP contribution >= 0.6 is 0 Å². The molecule has 0 aliphatic rings. The Balaban J connectivity index is 1.47. The van der Waals surface area contributed by atoms with Crippen LogP contribution in [0.5, 0.6) is 0 Å². The van der Waals surface area contributed by atoms with Gasteiger partial charge in [-0.05, 0) is 42.5 Å². The summed E-state index contributed by atoms with van der Waals surface area (Å²) in [6.07, 6.45) is 6.64. The minimum absolute atomic E-state index is 0.146. The fourth-order valence-corrected chi connectivity index (χ4v) is 2.10. The van der Waals surface area contributed by atoms with Gasteiger partial charge in [-0.15, -0.1) is 0 Å². The summed E-state index contributed by atoms with van der Waals surface area (Å²) in [5.41, 5.74) is 2.07. The molecule has 2 heterocycles. The third-order valence-corrected chi connectivity index (χ3v) is 3.25. The van der Waals surface area contributed by atoms with Crippen LogP contribution in [0.1, 0.15) is 0 Å². The molecule has 8 nitrogen and oxygen atoms in total. The molecule has 3 aromatic rings. The maximum atomic E-state index is 11.9. The van der Waals surface area contributed by atoms with E-state index in [0.29, 0.717) is 11.4 Å². The third-order valence-electron chi connectivity index (χ3n) is 3.25. The zero-order chi connectivity index (χ0) is 17.5. The number of hydrogen-bond donors (Lipinski definition) is 3. The fraction of sp³-hybridized carbons (Fsp3) is 0.0588. The minimum Gasteiger partial charge on any atom is -0.329 e. The van der Waals surface area contributed by atoms with Crippen LogP contribution in [0.3, 0.4) is 0 Å². The summed E-state index contributed by atoms with van der Waals surface area (Å²) in [4.78, 5) is 27.5. The molecule has 3 rings (SSSR count). The molecule has 8 heteroatoms. The lowest BCUT2D eigenvalue weighted by Gasteiger charge is -2.09. The first kappa shape index (κ1) is 16.2. The van der Waals surface area contributed by atoms with Gasteiger partial charge < -0.3 is 16.0 Å². The average molecular weight is 336 g/mol. The molecule has 0 atom stereocenters. The summed E-state index contributed by atoms with van der Waals surface area (Å²) in [6, 6.07) is 12.0. The Morgan fingerprint density at radius 1 is 0.960 bits per heavy atom. The van der Waals surface area contributed by atoms with E-state index < -0.39 is 6.03 Å². The van der Waals surface area contributed by atoms with E-state index in [1.807, 2.05) is 24.4 Å². The SMILES string of the molecule is O=C(CNC(=O)Nc1cccnc1)Nc1ccc(-n2cccn2)cc1. The first-order valence-corrected chi connectivity index (χ1v) is 7.55. The predicted octanol–water partition coefficient (Wildman–Crippen LogP) is 2.03. The first-order chi connectivity index (χ1) is 12.2. The maximum absolute atomic E-state index is 11.9. The van der Waals surface area contributed by atoms with Crippen LogP contribution in [0.2, 0.25) is 0 Å². The number of urea groups is 1. The molecule has 3 N–H and O–H groups in total. The first-order valence-electron chi connectivity index (χ1n) is 7.55. The molecular weight excluding hydrogens is 320 g/mol. The van der Waals surface area contributed by atoms with E-state index in [1.165, 1.54) is 6.20 Å². The van der Waals surface area contributed by atoms with Crippen molar-refractivity contribution >= 4 is 23.3 Å². The topological polar surface area (TPSA) is 101 Å². The average Bonchev–Trinajstić information content (AvgIpc) is 3.16. The number of rotatable bonds is 5. The normalized spacial score (nSPS) is 10.1. The number of carbonyl (C=O) groups excluding carboxylic acids is 2. The standard InChI is InChI=1S/C17H16N6O2/c24-16(12-19-17(25)22-14-3-1-8-18-11-14)21-13-4-6-15(7-5-13)23-10-2-9-20-23/h1-11H,12H2,(H,21,24)(H2,19,22,25). The minimum atomic E-state index is -0.475. The summed E-state index contributed by atoms with van der Waals surface area (Å²) in [7, 11) is 0. The third kappa shape index (κ3) is 4.64. The molecule has 0 aliphatic carbocycles. The predicted molar refractivity (Wildman–Crippen MR) is 93.5 cm³/mol. The molecule has 0 spiro atoms. The Hall–Kier alpha value is -3.68. The molecular formula is C17H16N6O2. The number of nitrogens with one attached hydrogen (secondary N) is 3. The monoisotopic (exact) mass is 336 g/mol. The largest absolute Gasteiger partial charge is 0.329 e. The molecule has 0 bridgehead atoms. The summed E-state index contributed by atoms with van der Waals surface area (Å²) in [5.74, 6) is -0.326. The summed E-state index contributed by atoms with van der Waals surface area (Å²) < 4.78 is 1.72. The van der Waals surface area contributed by atoms with Crippen molar-refractivity contribution in [3.05, 3.63) is 67.3 Å². The molecule has 0 saturated heterocycles. The van der Waals surface area contributed by atoms with Crippen molar-refractivity contribution in [2.45, 2.75) is 0 Å². The van der Waals surface area contributed by atoms with Gasteiger partial charge in [-0.3, -0.25) is 9.78 Å². The van der Waals surface area contributed by atoms with E-state index in [1.54, 1.807) is 41.3 Å². The Morgan fingerprint density at radius 2 is 1.80 bits per heavy atom.